The van der Waals surface area contributed by atoms with Crippen molar-refractivity contribution in [2.45, 2.75) is 19.0 Å². The molecule has 2 aromatic heterocycles. The number of aryl methyl sites for hydroxylation is 1. The summed E-state index contributed by atoms with van der Waals surface area (Å²) in [6.07, 6.45) is 7.68. The molecule has 28 heavy (non-hydrogen) atoms. The Morgan fingerprint density at radius 3 is 2.68 bits per heavy atom. The second-order valence-electron chi connectivity index (χ2n) is 6.58. The lowest BCUT2D eigenvalue weighted by atomic mass is 9.99. The summed E-state index contributed by atoms with van der Waals surface area (Å²) in [5, 5.41) is 10.8. The Morgan fingerprint density at radius 1 is 1.18 bits per heavy atom. The van der Waals surface area contributed by atoms with E-state index in [-0.39, 0.29) is 11.3 Å². The highest BCUT2D eigenvalue weighted by atomic mass is 16.3. The van der Waals surface area contributed by atoms with E-state index in [4.69, 9.17) is 4.42 Å². The lowest BCUT2D eigenvalue weighted by molar-refractivity contribution is -0.695. The first-order valence-electron chi connectivity index (χ1n) is 9.06. The van der Waals surface area contributed by atoms with Gasteiger partial charge in [0.2, 0.25) is 6.33 Å². The number of nitrogens with zero attached hydrogens (tertiary/aromatic N) is 2. The molecule has 1 amide bonds. The Bertz CT molecular complexity index is 992. The number of nitrogens with one attached hydrogen (secondary N) is 1. The molecule has 7 nitrogen and oxygen atoms in total. The Kier molecular flexibility index (Phi) is 4.80. The molecule has 0 bridgehead atoms. The van der Waals surface area contributed by atoms with Gasteiger partial charge in [0, 0.05) is 18.5 Å². The fourth-order valence-electron chi connectivity index (χ4n) is 3.49. The zero-order valence-electron chi connectivity index (χ0n) is 15.1. The van der Waals surface area contributed by atoms with Crippen molar-refractivity contribution in [3.63, 3.8) is 0 Å². The molecule has 4 rings (SSSR count). The van der Waals surface area contributed by atoms with Crippen LogP contribution in [0.25, 0.3) is 5.76 Å². The quantitative estimate of drug-likeness (QED) is 0.298. The van der Waals surface area contributed by atoms with Crippen molar-refractivity contribution < 1.29 is 23.7 Å². The van der Waals surface area contributed by atoms with E-state index in [9.17, 15) is 14.7 Å². The summed E-state index contributed by atoms with van der Waals surface area (Å²) in [5.41, 5.74) is 0.542. The topological polar surface area (TPSA) is 90.4 Å². The molecular weight excluding hydrogens is 358 g/mol. The molecule has 3 aromatic rings. The maximum Gasteiger partial charge on any atom is 0.295 e. The number of likely N-dealkylation sites (tertiary alicyclic amines) is 1. The number of carbonyl (C=O) groups is 2. The van der Waals surface area contributed by atoms with Gasteiger partial charge < -0.3 is 14.4 Å². The third kappa shape index (κ3) is 3.22. The molecule has 3 heterocycles. The first-order chi connectivity index (χ1) is 13.7. The standard InChI is InChI=1S/C21H19N3O4/c25-19(15-6-2-1-3-7-15)17-18(16-8-4-13-28-16)24(21(27)20(17)26)11-5-10-23-12-9-22-14-23/h1-4,6-9,12-14,18H,5,10-11H2,(H,25,26)/p+1. The zero-order chi connectivity index (χ0) is 19.5. The molecule has 0 spiro atoms. The molecule has 1 aromatic carbocycles. The molecule has 1 fully saturated rings. The van der Waals surface area contributed by atoms with E-state index >= 15 is 0 Å². The van der Waals surface area contributed by atoms with Gasteiger partial charge >= 0.3 is 0 Å². The van der Waals surface area contributed by atoms with Crippen LogP contribution in [-0.2, 0) is 16.1 Å². The summed E-state index contributed by atoms with van der Waals surface area (Å²) < 4.78 is 7.47. The largest absolute Gasteiger partial charge is 0.507 e. The van der Waals surface area contributed by atoms with Gasteiger partial charge in [-0.15, -0.1) is 0 Å². The number of hydrogen-bond donors (Lipinski definition) is 2. The van der Waals surface area contributed by atoms with Gasteiger partial charge in [-0.05, 0) is 12.1 Å². The summed E-state index contributed by atoms with van der Waals surface area (Å²) >= 11 is 0. The monoisotopic (exact) mass is 378 g/mol. The van der Waals surface area contributed by atoms with Gasteiger partial charge in [-0.3, -0.25) is 14.6 Å². The predicted molar refractivity (Wildman–Crippen MR) is 99.8 cm³/mol. The number of hydrogen-bond acceptors (Lipinski definition) is 4. The number of aromatic nitrogens is 2. The minimum atomic E-state index is -0.744. The number of ketones is 1. The molecule has 0 radical (unpaired) electrons. The van der Waals surface area contributed by atoms with Gasteiger partial charge in [-0.2, -0.15) is 0 Å². The number of benzene rings is 1. The molecule has 7 heteroatoms. The average molecular weight is 378 g/mol. The number of Topliss-reactive ketones (excluding diaryl/α,β-unsaturated/α-hetero) is 1. The Hall–Kier alpha value is -3.61. The molecule has 0 saturated carbocycles. The molecule has 2 N–H and O–H groups in total. The predicted octanol–water partition coefficient (Wildman–Crippen LogP) is 2.41. The van der Waals surface area contributed by atoms with Crippen LogP contribution in [0.3, 0.4) is 0 Å². The Balaban J connectivity index is 1.68. The molecule has 1 atom stereocenters. The van der Waals surface area contributed by atoms with Crippen LogP contribution in [0.5, 0.6) is 0 Å². The molecule has 142 valence electrons. The van der Waals surface area contributed by atoms with E-state index in [1.165, 1.54) is 11.2 Å². The molecule has 0 aliphatic carbocycles. The van der Waals surface area contributed by atoms with Gasteiger partial charge in [0.25, 0.3) is 11.7 Å². The lowest BCUT2D eigenvalue weighted by Gasteiger charge is -2.22. The van der Waals surface area contributed by atoms with E-state index in [1.54, 1.807) is 36.4 Å². The number of carbonyl (C=O) groups excluding carboxylic acids is 2. The van der Waals surface area contributed by atoms with Crippen LogP contribution < -0.4 is 4.57 Å². The van der Waals surface area contributed by atoms with Crippen molar-refractivity contribution >= 4 is 17.4 Å². The van der Waals surface area contributed by atoms with Crippen LogP contribution in [0.4, 0.5) is 0 Å². The maximum atomic E-state index is 12.8. The summed E-state index contributed by atoms with van der Waals surface area (Å²) in [5.74, 6) is -1.07. The molecular formula is C21H20N3O4+. The van der Waals surface area contributed by atoms with Crippen molar-refractivity contribution in [1.82, 2.24) is 9.88 Å². The highest BCUT2D eigenvalue weighted by Crippen LogP contribution is 2.39. The number of aliphatic hydroxyl groups excluding tert-OH is 1. The number of imidazole rings is 1. The lowest BCUT2D eigenvalue weighted by Crippen LogP contribution is -2.35. The Labute approximate surface area is 161 Å². The number of amides is 1. The second-order valence-corrected chi connectivity index (χ2v) is 6.58. The molecule has 1 aliphatic heterocycles. The van der Waals surface area contributed by atoms with E-state index in [0.717, 1.165) is 0 Å². The van der Waals surface area contributed by atoms with Crippen LogP contribution in [0.15, 0.2) is 77.4 Å². The molecule has 1 saturated heterocycles. The van der Waals surface area contributed by atoms with Gasteiger partial charge in [0.15, 0.2) is 0 Å². The van der Waals surface area contributed by atoms with Gasteiger partial charge in [-0.25, -0.2) is 4.57 Å². The summed E-state index contributed by atoms with van der Waals surface area (Å²) in [6, 6.07) is 11.4. The summed E-state index contributed by atoms with van der Waals surface area (Å²) in [7, 11) is 0. The fraction of sp³-hybridized carbons (Fsp3) is 0.190. The third-order valence-electron chi connectivity index (χ3n) is 4.82. The van der Waals surface area contributed by atoms with Crippen molar-refractivity contribution in [3.05, 3.63) is 84.3 Å². The SMILES string of the molecule is O=C1C(=O)N(CCC[n+]2cc[nH]c2)C(c2ccco2)C1=C(O)c1ccccc1. The van der Waals surface area contributed by atoms with Crippen LogP contribution in [-0.4, -0.2) is 33.2 Å². The number of furan rings is 1. The summed E-state index contributed by atoms with van der Waals surface area (Å²) in [6.45, 7) is 1.05. The molecule has 1 unspecified atom stereocenters. The maximum absolute atomic E-state index is 12.8. The zero-order valence-corrected chi connectivity index (χ0v) is 15.1. The highest BCUT2D eigenvalue weighted by Gasteiger charge is 2.47. The Morgan fingerprint density at radius 2 is 2.00 bits per heavy atom. The van der Waals surface area contributed by atoms with Crippen molar-refractivity contribution in [2.75, 3.05) is 6.54 Å². The van der Waals surface area contributed by atoms with Gasteiger partial charge in [0.05, 0.1) is 18.4 Å². The second kappa shape index (κ2) is 7.56. The van der Waals surface area contributed by atoms with Crippen LogP contribution >= 0.6 is 0 Å². The number of aliphatic hydroxyl groups is 1. The average Bonchev–Trinajstić information content (AvgIpc) is 3.46. The first kappa shape index (κ1) is 17.8. The molecule has 1 aliphatic rings. The van der Waals surface area contributed by atoms with Gasteiger partial charge in [-0.1, -0.05) is 30.3 Å². The van der Waals surface area contributed by atoms with Crippen molar-refractivity contribution in [2.24, 2.45) is 0 Å². The van der Waals surface area contributed by atoms with E-state index in [1.807, 2.05) is 29.4 Å². The third-order valence-corrected chi connectivity index (χ3v) is 4.82. The van der Waals surface area contributed by atoms with E-state index in [0.29, 0.717) is 30.8 Å². The first-order valence-corrected chi connectivity index (χ1v) is 9.06. The summed E-state index contributed by atoms with van der Waals surface area (Å²) in [4.78, 5) is 29.9. The number of aromatic amines is 1. The van der Waals surface area contributed by atoms with Crippen LogP contribution in [0.1, 0.15) is 23.8 Å². The van der Waals surface area contributed by atoms with E-state index < -0.39 is 17.7 Å². The minimum absolute atomic E-state index is 0.0560. The minimum Gasteiger partial charge on any atom is -0.507 e. The smallest absolute Gasteiger partial charge is 0.295 e. The normalized spacial score (nSPS) is 18.7. The van der Waals surface area contributed by atoms with Crippen LogP contribution in [0, 0.1) is 0 Å². The van der Waals surface area contributed by atoms with Crippen molar-refractivity contribution in [3.8, 4) is 0 Å². The number of H-pyrrole nitrogens is 1. The van der Waals surface area contributed by atoms with Gasteiger partial charge in [0.1, 0.15) is 30.0 Å². The fourth-order valence-corrected chi connectivity index (χ4v) is 3.49. The number of rotatable bonds is 6. The van der Waals surface area contributed by atoms with Crippen molar-refractivity contribution in [1.29, 1.82) is 0 Å². The van der Waals surface area contributed by atoms with E-state index in [2.05, 4.69) is 4.98 Å². The highest BCUT2D eigenvalue weighted by molar-refractivity contribution is 6.46. The van der Waals surface area contributed by atoms with Crippen LogP contribution in [0.2, 0.25) is 0 Å².